The van der Waals surface area contributed by atoms with Crippen molar-refractivity contribution in [2.75, 3.05) is 17.3 Å². The number of nitrogens with zero attached hydrogens (tertiary/aromatic N) is 3. The summed E-state index contributed by atoms with van der Waals surface area (Å²) in [6.45, 7) is 1.91. The highest BCUT2D eigenvalue weighted by Gasteiger charge is 2.17. The SMILES string of the molecule is Cc1nc(NC(=O)c2ccccc2)sc1-c1csc(N(C)c2ccc(O)cc2)n1. The summed E-state index contributed by atoms with van der Waals surface area (Å²) in [7, 11) is 1.93. The Hall–Kier alpha value is -3.23. The highest BCUT2D eigenvalue weighted by Crippen LogP contribution is 2.37. The molecule has 0 saturated heterocycles. The molecule has 0 aliphatic heterocycles. The third kappa shape index (κ3) is 4.13. The molecule has 146 valence electrons. The topological polar surface area (TPSA) is 78.4 Å². The molecule has 4 aromatic rings. The average Bonchev–Trinajstić information content (AvgIpc) is 3.35. The van der Waals surface area contributed by atoms with Crippen molar-refractivity contribution < 1.29 is 9.90 Å². The second kappa shape index (κ2) is 8.02. The van der Waals surface area contributed by atoms with E-state index in [0.717, 1.165) is 27.1 Å². The standard InChI is InChI=1S/C21H18N4O2S2/c1-13-18(29-20(22-13)24-19(27)14-6-4-3-5-7-14)17-12-28-21(23-17)25(2)15-8-10-16(26)11-9-15/h3-12,26H,1-2H3,(H,22,24,27). The molecular formula is C21H18N4O2S2. The van der Waals surface area contributed by atoms with Gasteiger partial charge in [0, 0.05) is 23.7 Å². The van der Waals surface area contributed by atoms with E-state index in [2.05, 4.69) is 10.3 Å². The first kappa shape index (κ1) is 19.1. The third-order valence-electron chi connectivity index (χ3n) is 4.30. The van der Waals surface area contributed by atoms with Crippen molar-refractivity contribution in [2.45, 2.75) is 6.92 Å². The Morgan fingerprint density at radius 2 is 1.79 bits per heavy atom. The summed E-state index contributed by atoms with van der Waals surface area (Å²) >= 11 is 2.93. The molecular weight excluding hydrogens is 404 g/mol. The van der Waals surface area contributed by atoms with Crippen LogP contribution in [0.5, 0.6) is 5.75 Å². The molecule has 0 unspecified atom stereocenters. The summed E-state index contributed by atoms with van der Waals surface area (Å²) in [6.07, 6.45) is 0. The number of rotatable bonds is 5. The Kier molecular flexibility index (Phi) is 5.28. The smallest absolute Gasteiger partial charge is 0.257 e. The van der Waals surface area contributed by atoms with Gasteiger partial charge in [-0.2, -0.15) is 0 Å². The Labute approximate surface area is 176 Å². The van der Waals surface area contributed by atoms with Gasteiger partial charge in [0.25, 0.3) is 5.91 Å². The lowest BCUT2D eigenvalue weighted by Gasteiger charge is -2.15. The van der Waals surface area contributed by atoms with Crippen LogP contribution in [0.3, 0.4) is 0 Å². The van der Waals surface area contributed by atoms with Crippen molar-refractivity contribution in [3.8, 4) is 16.3 Å². The lowest BCUT2D eigenvalue weighted by molar-refractivity contribution is 0.102. The van der Waals surface area contributed by atoms with Gasteiger partial charge in [0.05, 0.1) is 16.3 Å². The molecule has 0 bridgehead atoms. The van der Waals surface area contributed by atoms with Gasteiger partial charge in [0.2, 0.25) is 0 Å². The number of hydrogen-bond acceptors (Lipinski definition) is 7. The van der Waals surface area contributed by atoms with Gasteiger partial charge in [-0.3, -0.25) is 10.1 Å². The van der Waals surface area contributed by atoms with Crippen molar-refractivity contribution in [3.63, 3.8) is 0 Å². The second-order valence-electron chi connectivity index (χ2n) is 6.34. The maximum Gasteiger partial charge on any atom is 0.257 e. The zero-order valence-electron chi connectivity index (χ0n) is 15.8. The molecule has 2 aromatic carbocycles. The number of phenols is 1. The van der Waals surface area contributed by atoms with E-state index in [9.17, 15) is 9.90 Å². The van der Waals surface area contributed by atoms with Gasteiger partial charge in [-0.1, -0.05) is 29.5 Å². The molecule has 0 saturated carbocycles. The fraction of sp³-hybridized carbons (Fsp3) is 0.0952. The van der Waals surface area contributed by atoms with E-state index in [1.54, 1.807) is 24.3 Å². The minimum absolute atomic E-state index is 0.183. The average molecular weight is 423 g/mol. The number of benzene rings is 2. The Morgan fingerprint density at radius 3 is 2.52 bits per heavy atom. The molecule has 2 N–H and O–H groups in total. The van der Waals surface area contributed by atoms with Crippen molar-refractivity contribution in [3.05, 3.63) is 71.2 Å². The van der Waals surface area contributed by atoms with Gasteiger partial charge in [-0.05, 0) is 43.3 Å². The number of aromatic hydroxyl groups is 1. The minimum Gasteiger partial charge on any atom is -0.508 e. The third-order valence-corrected chi connectivity index (χ3v) is 6.31. The molecule has 2 heterocycles. The Morgan fingerprint density at radius 1 is 1.07 bits per heavy atom. The Bertz CT molecular complexity index is 1140. The molecule has 0 atom stereocenters. The van der Waals surface area contributed by atoms with Crippen molar-refractivity contribution in [2.24, 2.45) is 0 Å². The monoisotopic (exact) mass is 422 g/mol. The normalized spacial score (nSPS) is 10.7. The molecule has 0 fully saturated rings. The quantitative estimate of drug-likeness (QED) is 0.456. The number of aromatic nitrogens is 2. The van der Waals surface area contributed by atoms with Crippen LogP contribution in [0.4, 0.5) is 16.0 Å². The van der Waals surface area contributed by atoms with Crippen LogP contribution in [0.25, 0.3) is 10.6 Å². The van der Waals surface area contributed by atoms with Crippen LogP contribution >= 0.6 is 22.7 Å². The maximum absolute atomic E-state index is 12.4. The van der Waals surface area contributed by atoms with Crippen molar-refractivity contribution in [1.29, 1.82) is 0 Å². The highest BCUT2D eigenvalue weighted by atomic mass is 32.1. The lowest BCUT2D eigenvalue weighted by atomic mass is 10.2. The number of nitrogens with one attached hydrogen (secondary N) is 1. The lowest BCUT2D eigenvalue weighted by Crippen LogP contribution is -2.11. The van der Waals surface area contributed by atoms with Gasteiger partial charge in [-0.15, -0.1) is 11.3 Å². The van der Waals surface area contributed by atoms with E-state index in [4.69, 9.17) is 4.98 Å². The summed E-state index contributed by atoms with van der Waals surface area (Å²) < 4.78 is 0. The van der Waals surface area contributed by atoms with E-state index < -0.39 is 0 Å². The van der Waals surface area contributed by atoms with Crippen LogP contribution in [-0.4, -0.2) is 28.0 Å². The molecule has 29 heavy (non-hydrogen) atoms. The van der Waals surface area contributed by atoms with E-state index in [1.807, 2.05) is 54.6 Å². The van der Waals surface area contributed by atoms with Crippen LogP contribution in [0, 0.1) is 6.92 Å². The molecule has 6 nitrogen and oxygen atoms in total. The molecule has 0 aliphatic carbocycles. The summed E-state index contributed by atoms with van der Waals surface area (Å²) in [5, 5.41) is 15.7. The molecule has 4 rings (SSSR count). The zero-order chi connectivity index (χ0) is 20.4. The van der Waals surface area contributed by atoms with Gasteiger partial charge < -0.3 is 10.0 Å². The number of aryl methyl sites for hydroxylation is 1. The predicted molar refractivity (Wildman–Crippen MR) is 119 cm³/mol. The number of phenolic OH excluding ortho intramolecular Hbond substituents is 1. The van der Waals surface area contributed by atoms with Gasteiger partial charge >= 0.3 is 0 Å². The van der Waals surface area contributed by atoms with Crippen LogP contribution in [0.2, 0.25) is 0 Å². The number of carbonyl (C=O) groups excluding carboxylic acids is 1. The Balaban J connectivity index is 1.54. The van der Waals surface area contributed by atoms with Gasteiger partial charge in [0.1, 0.15) is 5.75 Å². The highest BCUT2D eigenvalue weighted by molar-refractivity contribution is 7.20. The van der Waals surface area contributed by atoms with Crippen molar-refractivity contribution in [1.82, 2.24) is 9.97 Å². The van der Waals surface area contributed by atoms with E-state index in [-0.39, 0.29) is 11.7 Å². The van der Waals surface area contributed by atoms with E-state index >= 15 is 0 Å². The van der Waals surface area contributed by atoms with E-state index in [1.165, 1.54) is 22.7 Å². The zero-order valence-corrected chi connectivity index (χ0v) is 17.4. The fourth-order valence-corrected chi connectivity index (χ4v) is 4.55. The molecule has 0 aliphatic rings. The molecule has 0 radical (unpaired) electrons. The largest absolute Gasteiger partial charge is 0.508 e. The van der Waals surface area contributed by atoms with Crippen LogP contribution in [0.1, 0.15) is 16.1 Å². The number of amides is 1. The van der Waals surface area contributed by atoms with Crippen molar-refractivity contribution >= 4 is 44.5 Å². The number of thiazole rings is 2. The second-order valence-corrected chi connectivity index (χ2v) is 8.18. The molecule has 2 aromatic heterocycles. The number of carbonyl (C=O) groups is 1. The molecule has 1 amide bonds. The van der Waals surface area contributed by atoms with E-state index in [0.29, 0.717) is 10.7 Å². The summed E-state index contributed by atoms with van der Waals surface area (Å²) in [4.78, 5) is 24.5. The molecule has 8 heteroatoms. The van der Waals surface area contributed by atoms with Crippen LogP contribution in [-0.2, 0) is 0 Å². The molecule has 0 spiro atoms. The van der Waals surface area contributed by atoms with Gasteiger partial charge in [-0.25, -0.2) is 9.97 Å². The van der Waals surface area contributed by atoms with Crippen LogP contribution in [0.15, 0.2) is 60.0 Å². The minimum atomic E-state index is -0.183. The fourth-order valence-electron chi connectivity index (χ4n) is 2.76. The first-order chi connectivity index (χ1) is 14.0. The predicted octanol–water partition coefficient (Wildman–Crippen LogP) is 5.30. The summed E-state index contributed by atoms with van der Waals surface area (Å²) in [5.74, 6) is 0.0456. The first-order valence-electron chi connectivity index (χ1n) is 8.84. The maximum atomic E-state index is 12.4. The number of hydrogen-bond donors (Lipinski definition) is 2. The summed E-state index contributed by atoms with van der Waals surface area (Å²) in [6, 6.07) is 16.0. The first-order valence-corrected chi connectivity index (χ1v) is 10.5. The van der Waals surface area contributed by atoms with Crippen LogP contribution < -0.4 is 10.2 Å². The van der Waals surface area contributed by atoms with Gasteiger partial charge in [0.15, 0.2) is 10.3 Å². The number of anilines is 3. The summed E-state index contributed by atoms with van der Waals surface area (Å²) in [5.41, 5.74) is 3.17.